The van der Waals surface area contributed by atoms with Crippen LogP contribution in [0, 0.1) is 0 Å². The molecule has 1 aliphatic heterocycles. The second-order valence-electron chi connectivity index (χ2n) is 4.83. The summed E-state index contributed by atoms with van der Waals surface area (Å²) < 4.78 is 6.38. The molecule has 3 nitrogen and oxygen atoms in total. The van der Waals surface area contributed by atoms with E-state index >= 15 is 0 Å². The molecule has 2 N–H and O–H groups in total. The fourth-order valence-electron chi connectivity index (χ4n) is 1.93. The molecule has 0 aromatic heterocycles. The maximum atomic E-state index is 6.00. The number of nitrogens with two attached hydrogens (primary N) is 1. The Morgan fingerprint density at radius 1 is 1.31 bits per heavy atom. The van der Waals surface area contributed by atoms with Gasteiger partial charge < -0.3 is 27.4 Å². The van der Waals surface area contributed by atoms with Gasteiger partial charge in [-0.05, 0) is 13.8 Å². The lowest BCUT2D eigenvalue weighted by atomic mass is 10.1. The number of ether oxygens (including phenoxy) is 1. The van der Waals surface area contributed by atoms with Crippen molar-refractivity contribution in [2.45, 2.75) is 19.4 Å². The van der Waals surface area contributed by atoms with Crippen molar-refractivity contribution < 1.29 is 21.6 Å². The Hall–Kier alpha value is 0.170. The third-order valence-electron chi connectivity index (χ3n) is 2.34. The van der Waals surface area contributed by atoms with Crippen LogP contribution in [0.3, 0.4) is 0 Å². The maximum absolute atomic E-state index is 6.00. The molecule has 0 radical (unpaired) electrons. The molecule has 1 rings (SSSR count). The molecule has 0 aromatic rings. The molecule has 1 heterocycles. The number of nitrogens with zero attached hydrogens (tertiary/aromatic N) is 1. The first-order chi connectivity index (χ1) is 5.41. The molecule has 1 aliphatic rings. The molecule has 0 unspecified atom stereocenters. The van der Waals surface area contributed by atoms with Crippen molar-refractivity contribution in [3.05, 3.63) is 0 Å². The zero-order chi connectivity index (χ0) is 9.24. The van der Waals surface area contributed by atoms with Crippen LogP contribution in [0.25, 0.3) is 0 Å². The minimum atomic E-state index is -0.0634. The Balaban J connectivity index is 0.00000144. The summed E-state index contributed by atoms with van der Waals surface area (Å²) in [4.78, 5) is 0. The summed E-state index contributed by atoms with van der Waals surface area (Å²) in [7, 11) is 2.26. The number of likely N-dealkylation sites (N-methyl/N-ethyl adjacent to an activating group) is 1. The minimum Gasteiger partial charge on any atom is -1.00 e. The molecule has 0 bridgehead atoms. The van der Waals surface area contributed by atoms with E-state index in [1.54, 1.807) is 0 Å². The second-order valence-corrected chi connectivity index (χ2v) is 4.83. The van der Waals surface area contributed by atoms with Gasteiger partial charge in [-0.1, -0.05) is 0 Å². The van der Waals surface area contributed by atoms with Crippen molar-refractivity contribution in [3.63, 3.8) is 0 Å². The van der Waals surface area contributed by atoms with Gasteiger partial charge in [-0.2, -0.15) is 0 Å². The molecule has 13 heavy (non-hydrogen) atoms. The lowest BCUT2D eigenvalue weighted by Crippen LogP contribution is -3.00. The SMILES string of the molecule is CC(C)(N)C[N+]1(C)CCOCC1.[Cl-]. The topological polar surface area (TPSA) is 35.2 Å². The largest absolute Gasteiger partial charge is 1.00 e. The quantitative estimate of drug-likeness (QED) is 0.498. The summed E-state index contributed by atoms with van der Waals surface area (Å²) in [5.74, 6) is 0. The van der Waals surface area contributed by atoms with Crippen LogP contribution in [0.1, 0.15) is 13.8 Å². The fraction of sp³-hybridized carbons (Fsp3) is 1.00. The van der Waals surface area contributed by atoms with E-state index in [1.165, 1.54) is 0 Å². The average molecular weight is 209 g/mol. The summed E-state index contributed by atoms with van der Waals surface area (Å²) in [6.45, 7) is 9.18. The highest BCUT2D eigenvalue weighted by Gasteiger charge is 2.30. The summed E-state index contributed by atoms with van der Waals surface area (Å²) in [5.41, 5.74) is 5.93. The first-order valence-corrected chi connectivity index (χ1v) is 4.62. The Morgan fingerprint density at radius 2 is 1.77 bits per heavy atom. The zero-order valence-electron chi connectivity index (χ0n) is 8.85. The first kappa shape index (κ1) is 13.2. The van der Waals surface area contributed by atoms with Gasteiger partial charge in [0, 0.05) is 0 Å². The van der Waals surface area contributed by atoms with Crippen LogP contribution in [0.4, 0.5) is 0 Å². The Kier molecular flexibility index (Phi) is 4.66. The van der Waals surface area contributed by atoms with Gasteiger partial charge in [0.05, 0.1) is 32.3 Å². The minimum absolute atomic E-state index is 0. The summed E-state index contributed by atoms with van der Waals surface area (Å²) >= 11 is 0. The van der Waals surface area contributed by atoms with Gasteiger partial charge in [0.25, 0.3) is 0 Å². The van der Waals surface area contributed by atoms with Gasteiger partial charge >= 0.3 is 0 Å². The zero-order valence-corrected chi connectivity index (χ0v) is 9.60. The van der Waals surface area contributed by atoms with Gasteiger partial charge in [-0.25, -0.2) is 0 Å². The van der Waals surface area contributed by atoms with Crippen molar-refractivity contribution in [2.24, 2.45) is 5.73 Å². The molecule has 1 saturated heterocycles. The van der Waals surface area contributed by atoms with E-state index < -0.39 is 0 Å². The Morgan fingerprint density at radius 3 is 2.15 bits per heavy atom. The van der Waals surface area contributed by atoms with Gasteiger partial charge in [0.15, 0.2) is 0 Å². The van der Waals surface area contributed by atoms with E-state index in [0.717, 1.165) is 37.3 Å². The van der Waals surface area contributed by atoms with Crippen LogP contribution < -0.4 is 18.1 Å². The first-order valence-electron chi connectivity index (χ1n) is 4.62. The van der Waals surface area contributed by atoms with E-state index in [9.17, 15) is 0 Å². The second kappa shape index (κ2) is 4.60. The number of hydrogen-bond donors (Lipinski definition) is 1. The Bertz CT molecular complexity index is 150. The van der Waals surface area contributed by atoms with E-state index in [1.807, 2.05) is 0 Å². The molecule has 0 amide bonds. The highest BCUT2D eigenvalue weighted by Crippen LogP contribution is 2.12. The molecule has 80 valence electrons. The van der Waals surface area contributed by atoms with E-state index in [2.05, 4.69) is 20.9 Å². The van der Waals surface area contributed by atoms with Crippen LogP contribution in [-0.4, -0.2) is 49.9 Å². The van der Waals surface area contributed by atoms with E-state index in [0.29, 0.717) is 0 Å². The van der Waals surface area contributed by atoms with E-state index in [-0.39, 0.29) is 17.9 Å². The van der Waals surface area contributed by atoms with Crippen LogP contribution in [-0.2, 0) is 4.74 Å². The molecule has 0 aliphatic carbocycles. The monoisotopic (exact) mass is 208 g/mol. The lowest BCUT2D eigenvalue weighted by molar-refractivity contribution is -0.919. The standard InChI is InChI=1S/C9H21N2O.ClH/c1-9(2,10)8-11(3)4-6-12-7-5-11;/h4-8,10H2,1-3H3;1H/q+1;/p-1. The molecule has 0 saturated carbocycles. The third-order valence-corrected chi connectivity index (χ3v) is 2.34. The van der Waals surface area contributed by atoms with Crippen molar-refractivity contribution in [3.8, 4) is 0 Å². The highest BCUT2D eigenvalue weighted by molar-refractivity contribution is 4.71. The molecule has 0 aromatic carbocycles. The molecular weight excluding hydrogens is 188 g/mol. The molecular formula is C9H21ClN2O. The molecule has 1 fully saturated rings. The molecule has 0 spiro atoms. The molecule has 0 atom stereocenters. The van der Waals surface area contributed by atoms with Crippen LogP contribution in [0.2, 0.25) is 0 Å². The van der Waals surface area contributed by atoms with Crippen LogP contribution in [0.5, 0.6) is 0 Å². The third kappa shape index (κ3) is 4.81. The average Bonchev–Trinajstić information content (AvgIpc) is 1.83. The predicted octanol–water partition coefficient (Wildman–Crippen LogP) is -2.80. The summed E-state index contributed by atoms with van der Waals surface area (Å²) in [6.07, 6.45) is 0. The number of rotatable bonds is 2. The Labute approximate surface area is 87.2 Å². The van der Waals surface area contributed by atoms with Crippen molar-refractivity contribution in [2.75, 3.05) is 39.9 Å². The smallest absolute Gasteiger partial charge is 0.102 e. The van der Waals surface area contributed by atoms with Gasteiger partial charge in [0.2, 0.25) is 0 Å². The van der Waals surface area contributed by atoms with Crippen molar-refractivity contribution in [1.29, 1.82) is 0 Å². The predicted molar refractivity (Wildman–Crippen MR) is 49.9 cm³/mol. The van der Waals surface area contributed by atoms with Gasteiger partial charge in [-0.15, -0.1) is 0 Å². The highest BCUT2D eigenvalue weighted by atomic mass is 35.5. The number of hydrogen-bond acceptors (Lipinski definition) is 2. The summed E-state index contributed by atoms with van der Waals surface area (Å²) in [6, 6.07) is 0. The van der Waals surface area contributed by atoms with Crippen LogP contribution in [0.15, 0.2) is 0 Å². The maximum Gasteiger partial charge on any atom is 0.102 e. The van der Waals surface area contributed by atoms with Gasteiger partial charge in [-0.3, -0.25) is 0 Å². The summed E-state index contributed by atoms with van der Waals surface area (Å²) in [5, 5.41) is 0. The van der Waals surface area contributed by atoms with Crippen molar-refractivity contribution in [1.82, 2.24) is 0 Å². The number of halogens is 1. The number of quaternary nitrogens is 1. The van der Waals surface area contributed by atoms with Crippen LogP contribution >= 0.6 is 0 Å². The normalized spacial score (nSPS) is 22.2. The molecule has 4 heteroatoms. The van der Waals surface area contributed by atoms with E-state index in [4.69, 9.17) is 10.5 Å². The number of morpholine rings is 1. The van der Waals surface area contributed by atoms with Crippen molar-refractivity contribution >= 4 is 0 Å². The van der Waals surface area contributed by atoms with Gasteiger partial charge in [0.1, 0.15) is 13.1 Å². The lowest BCUT2D eigenvalue weighted by Gasteiger charge is -2.41. The fourth-order valence-corrected chi connectivity index (χ4v) is 1.93.